The Balaban J connectivity index is 2.07. The Labute approximate surface area is 190 Å². The van der Waals surface area contributed by atoms with Crippen LogP contribution in [0.2, 0.25) is 0 Å². The van der Waals surface area contributed by atoms with Gasteiger partial charge in [-0.3, -0.25) is 4.57 Å². The lowest BCUT2D eigenvalue weighted by atomic mass is 9.79. The number of phenolic OH excluding ortho intramolecular Hbond substituents is 1. The molecule has 0 aliphatic heterocycles. The van der Waals surface area contributed by atoms with Gasteiger partial charge in [-0.2, -0.15) is 0 Å². The topological polar surface area (TPSA) is 47.3 Å². The SMILES string of the molecule is COc1ccc(-c2nc3ccccc3n2-c2cc(C(C)(C)C)c(O)c(C(C)(C)C)c2)cc1. The third-order valence-electron chi connectivity index (χ3n) is 5.88. The Morgan fingerprint density at radius 2 is 1.38 bits per heavy atom. The van der Waals surface area contributed by atoms with E-state index in [2.05, 4.69) is 64.3 Å². The van der Waals surface area contributed by atoms with Gasteiger partial charge >= 0.3 is 0 Å². The fraction of sp³-hybridized carbons (Fsp3) is 0.321. The normalized spacial score (nSPS) is 12.3. The van der Waals surface area contributed by atoms with E-state index in [-0.39, 0.29) is 10.8 Å². The molecular weight excluding hydrogens is 396 g/mol. The summed E-state index contributed by atoms with van der Waals surface area (Å²) in [4.78, 5) is 4.98. The Hall–Kier alpha value is -3.27. The molecule has 0 amide bonds. The van der Waals surface area contributed by atoms with Gasteiger partial charge in [0.05, 0.1) is 18.1 Å². The van der Waals surface area contributed by atoms with Gasteiger partial charge in [-0.15, -0.1) is 0 Å². The van der Waals surface area contributed by atoms with Crippen LogP contribution >= 0.6 is 0 Å². The molecular formula is C28H32N2O2. The molecule has 3 aromatic carbocycles. The summed E-state index contributed by atoms with van der Waals surface area (Å²) in [5.74, 6) is 2.05. The summed E-state index contributed by atoms with van der Waals surface area (Å²) < 4.78 is 7.54. The zero-order valence-electron chi connectivity index (χ0n) is 20.0. The Morgan fingerprint density at radius 1 is 0.812 bits per heavy atom. The van der Waals surface area contributed by atoms with Crippen LogP contribution in [0.1, 0.15) is 52.7 Å². The van der Waals surface area contributed by atoms with Crippen molar-refractivity contribution in [1.29, 1.82) is 0 Å². The first-order valence-corrected chi connectivity index (χ1v) is 11.0. The lowest BCUT2D eigenvalue weighted by Crippen LogP contribution is -2.18. The predicted octanol–water partition coefficient (Wildman–Crippen LogP) is 7.00. The molecule has 0 aliphatic rings. The van der Waals surface area contributed by atoms with Crippen LogP contribution in [0.15, 0.2) is 60.7 Å². The van der Waals surface area contributed by atoms with E-state index in [1.54, 1.807) is 7.11 Å². The van der Waals surface area contributed by atoms with Crippen LogP contribution in [-0.4, -0.2) is 21.8 Å². The average molecular weight is 429 g/mol. The van der Waals surface area contributed by atoms with E-state index >= 15 is 0 Å². The van der Waals surface area contributed by atoms with Crippen molar-refractivity contribution in [3.8, 4) is 28.6 Å². The van der Waals surface area contributed by atoms with Gasteiger partial charge in [0.15, 0.2) is 0 Å². The molecule has 166 valence electrons. The maximum absolute atomic E-state index is 11.2. The third kappa shape index (κ3) is 3.86. The molecule has 0 saturated carbocycles. The number of rotatable bonds is 3. The lowest BCUT2D eigenvalue weighted by molar-refractivity contribution is 0.415. The Morgan fingerprint density at radius 3 is 1.91 bits per heavy atom. The number of aromatic nitrogens is 2. The Bertz CT molecular complexity index is 1230. The van der Waals surface area contributed by atoms with Gasteiger partial charge in [0.25, 0.3) is 0 Å². The van der Waals surface area contributed by atoms with Gasteiger partial charge in [-0.05, 0) is 59.4 Å². The summed E-state index contributed by atoms with van der Waals surface area (Å²) in [5.41, 5.74) is 5.40. The number of ether oxygens (including phenoxy) is 1. The van der Waals surface area contributed by atoms with E-state index in [1.165, 1.54) is 0 Å². The number of fused-ring (bicyclic) bond motifs is 1. The summed E-state index contributed by atoms with van der Waals surface area (Å²) in [6.45, 7) is 12.8. The van der Waals surface area contributed by atoms with E-state index in [0.29, 0.717) is 5.75 Å². The van der Waals surface area contributed by atoms with E-state index in [9.17, 15) is 5.11 Å². The van der Waals surface area contributed by atoms with Crippen molar-refractivity contribution >= 4 is 11.0 Å². The highest BCUT2D eigenvalue weighted by Gasteiger charge is 2.28. The molecule has 32 heavy (non-hydrogen) atoms. The van der Waals surface area contributed by atoms with Gasteiger partial charge in [0.1, 0.15) is 17.3 Å². The largest absolute Gasteiger partial charge is 0.507 e. The summed E-state index contributed by atoms with van der Waals surface area (Å²) in [6, 6.07) is 20.4. The van der Waals surface area contributed by atoms with Crippen LogP contribution < -0.4 is 4.74 Å². The van der Waals surface area contributed by atoms with E-state index in [1.807, 2.05) is 42.5 Å². The highest BCUT2D eigenvalue weighted by molar-refractivity contribution is 5.83. The average Bonchev–Trinajstić information content (AvgIpc) is 3.12. The van der Waals surface area contributed by atoms with Crippen molar-refractivity contribution in [2.75, 3.05) is 7.11 Å². The second-order valence-electron chi connectivity index (χ2n) is 10.4. The number of hydrogen-bond donors (Lipinski definition) is 1. The molecule has 1 heterocycles. The van der Waals surface area contributed by atoms with Crippen molar-refractivity contribution in [3.63, 3.8) is 0 Å². The lowest BCUT2D eigenvalue weighted by Gasteiger charge is -2.28. The molecule has 4 aromatic rings. The summed E-state index contributed by atoms with van der Waals surface area (Å²) >= 11 is 0. The summed E-state index contributed by atoms with van der Waals surface area (Å²) in [6.07, 6.45) is 0. The van der Waals surface area contributed by atoms with Crippen LogP contribution in [0.5, 0.6) is 11.5 Å². The van der Waals surface area contributed by atoms with E-state index in [0.717, 1.165) is 45.0 Å². The monoisotopic (exact) mass is 428 g/mol. The predicted molar refractivity (Wildman–Crippen MR) is 132 cm³/mol. The summed E-state index contributed by atoms with van der Waals surface area (Å²) in [5, 5.41) is 11.2. The number of hydrogen-bond acceptors (Lipinski definition) is 3. The molecule has 4 heteroatoms. The number of nitrogens with zero attached hydrogens (tertiary/aromatic N) is 2. The quantitative estimate of drug-likeness (QED) is 0.382. The second-order valence-corrected chi connectivity index (χ2v) is 10.4. The van der Waals surface area contributed by atoms with Gasteiger partial charge in [0, 0.05) is 22.4 Å². The van der Waals surface area contributed by atoms with Gasteiger partial charge in [-0.25, -0.2) is 4.98 Å². The van der Waals surface area contributed by atoms with Gasteiger partial charge in [-0.1, -0.05) is 53.7 Å². The standard InChI is InChI=1S/C28H32N2O2/c1-27(2,3)21-16-19(17-22(25(21)31)28(4,5)6)30-24-11-9-8-10-23(24)29-26(30)18-12-14-20(32-7)15-13-18/h8-17,31H,1-7H3. The maximum Gasteiger partial charge on any atom is 0.145 e. The first kappa shape index (κ1) is 21.9. The first-order chi connectivity index (χ1) is 15.0. The van der Waals surface area contributed by atoms with Crippen molar-refractivity contribution in [3.05, 3.63) is 71.8 Å². The molecule has 1 aromatic heterocycles. The number of phenols is 1. The third-order valence-corrected chi connectivity index (χ3v) is 5.88. The zero-order chi connectivity index (χ0) is 23.3. The molecule has 0 saturated heterocycles. The van der Waals surface area contributed by atoms with Crippen LogP contribution in [-0.2, 0) is 10.8 Å². The van der Waals surface area contributed by atoms with Crippen molar-refractivity contribution in [1.82, 2.24) is 9.55 Å². The van der Waals surface area contributed by atoms with Crippen LogP contribution in [0.25, 0.3) is 28.1 Å². The fourth-order valence-corrected chi connectivity index (χ4v) is 4.11. The van der Waals surface area contributed by atoms with Gasteiger partial charge < -0.3 is 9.84 Å². The van der Waals surface area contributed by atoms with Crippen molar-refractivity contribution in [2.45, 2.75) is 52.4 Å². The molecule has 0 aliphatic carbocycles. The molecule has 0 radical (unpaired) electrons. The number of aromatic hydroxyl groups is 1. The van der Waals surface area contributed by atoms with Crippen molar-refractivity contribution in [2.24, 2.45) is 0 Å². The minimum atomic E-state index is -0.212. The van der Waals surface area contributed by atoms with Crippen molar-refractivity contribution < 1.29 is 9.84 Å². The molecule has 4 rings (SSSR count). The first-order valence-electron chi connectivity index (χ1n) is 11.0. The Kier molecular flexibility index (Phi) is 5.28. The van der Waals surface area contributed by atoms with E-state index in [4.69, 9.17) is 9.72 Å². The minimum absolute atomic E-state index is 0.212. The molecule has 0 fully saturated rings. The van der Waals surface area contributed by atoms with Gasteiger partial charge in [0.2, 0.25) is 0 Å². The molecule has 0 spiro atoms. The number of benzene rings is 3. The van der Waals surface area contributed by atoms with Crippen LogP contribution in [0, 0.1) is 0 Å². The molecule has 0 atom stereocenters. The zero-order valence-corrected chi connectivity index (χ0v) is 20.0. The number of imidazole rings is 1. The molecule has 0 bridgehead atoms. The van der Waals surface area contributed by atoms with E-state index < -0.39 is 0 Å². The molecule has 4 nitrogen and oxygen atoms in total. The minimum Gasteiger partial charge on any atom is -0.507 e. The van der Waals surface area contributed by atoms with Crippen LogP contribution in [0.3, 0.4) is 0 Å². The maximum atomic E-state index is 11.2. The highest BCUT2D eigenvalue weighted by atomic mass is 16.5. The highest BCUT2D eigenvalue weighted by Crippen LogP contribution is 2.42. The molecule has 0 unspecified atom stereocenters. The molecule has 1 N–H and O–H groups in total. The number of methoxy groups -OCH3 is 1. The van der Waals surface area contributed by atoms with Crippen LogP contribution in [0.4, 0.5) is 0 Å². The second kappa shape index (κ2) is 7.70. The smallest absolute Gasteiger partial charge is 0.145 e. The summed E-state index contributed by atoms with van der Waals surface area (Å²) in [7, 11) is 1.67. The number of para-hydroxylation sites is 2. The fourth-order valence-electron chi connectivity index (χ4n) is 4.11.